The second kappa shape index (κ2) is 5.93. The van der Waals surface area contributed by atoms with E-state index in [0.29, 0.717) is 6.42 Å². The molecule has 1 N–H and O–H groups in total. The van der Waals surface area contributed by atoms with E-state index in [4.69, 9.17) is 0 Å². The quantitative estimate of drug-likeness (QED) is 0.832. The zero-order chi connectivity index (χ0) is 14.8. The summed E-state index contributed by atoms with van der Waals surface area (Å²) >= 11 is 0. The first kappa shape index (κ1) is 16.0. The van der Waals surface area contributed by atoms with Crippen LogP contribution in [0.2, 0.25) is 0 Å². The zero-order valence-corrected chi connectivity index (χ0v) is 13.1. The van der Waals surface area contributed by atoms with Crippen LogP contribution >= 0.6 is 0 Å². The lowest BCUT2D eigenvalue weighted by atomic mass is 9.85. The lowest BCUT2D eigenvalue weighted by Gasteiger charge is -2.50. The molecular weight excluding hydrogens is 240 g/mol. The van der Waals surface area contributed by atoms with Crippen molar-refractivity contribution < 1.29 is 9.59 Å². The molecular formula is C15H28N2O2. The molecule has 1 fully saturated rings. The number of piperazine rings is 1. The summed E-state index contributed by atoms with van der Waals surface area (Å²) in [6, 6.07) is -0.708. The smallest absolute Gasteiger partial charge is 0.246 e. The Morgan fingerprint density at radius 1 is 1.21 bits per heavy atom. The molecule has 1 aliphatic rings. The molecule has 4 nitrogen and oxygen atoms in total. The maximum atomic E-state index is 12.7. The van der Waals surface area contributed by atoms with E-state index in [9.17, 15) is 9.59 Å². The third kappa shape index (κ3) is 2.77. The molecule has 2 amide bonds. The van der Waals surface area contributed by atoms with Gasteiger partial charge in [0, 0.05) is 5.54 Å². The van der Waals surface area contributed by atoms with Gasteiger partial charge in [-0.05, 0) is 32.1 Å². The Hall–Kier alpha value is -1.06. The Morgan fingerprint density at radius 3 is 2.11 bits per heavy atom. The van der Waals surface area contributed by atoms with Gasteiger partial charge in [0.25, 0.3) is 0 Å². The molecule has 4 heteroatoms. The summed E-state index contributed by atoms with van der Waals surface area (Å²) in [6.07, 6.45) is 2.37. The van der Waals surface area contributed by atoms with Gasteiger partial charge in [0.15, 0.2) is 0 Å². The highest BCUT2D eigenvalue weighted by molar-refractivity contribution is 5.97. The van der Waals surface area contributed by atoms with Crippen molar-refractivity contribution in [3.8, 4) is 0 Å². The molecule has 0 bridgehead atoms. The number of hydrogen-bond acceptors (Lipinski definition) is 2. The minimum Gasteiger partial charge on any atom is -0.343 e. The first-order chi connectivity index (χ1) is 8.82. The van der Waals surface area contributed by atoms with E-state index in [0.717, 1.165) is 12.8 Å². The Balaban J connectivity index is 3.23. The molecule has 1 heterocycles. The third-order valence-corrected chi connectivity index (χ3v) is 4.54. The molecule has 110 valence electrons. The van der Waals surface area contributed by atoms with Crippen LogP contribution in [0.3, 0.4) is 0 Å². The van der Waals surface area contributed by atoms with Gasteiger partial charge in [-0.3, -0.25) is 9.59 Å². The Bertz CT molecular complexity index is 348. The summed E-state index contributed by atoms with van der Waals surface area (Å²) in [5.41, 5.74) is -0.239. The summed E-state index contributed by atoms with van der Waals surface area (Å²) < 4.78 is 0. The standard InChI is InChI=1S/C15H28N2O2/c1-7-11-14(19)17(15(6,8-2)9-3)12(10(4)5)13(18)16-11/h10-12H,7-9H2,1-6H3,(H,16,18). The molecule has 1 aliphatic heterocycles. The number of nitrogens with zero attached hydrogens (tertiary/aromatic N) is 1. The van der Waals surface area contributed by atoms with Gasteiger partial charge in [-0.1, -0.05) is 34.6 Å². The van der Waals surface area contributed by atoms with Crippen molar-refractivity contribution in [2.24, 2.45) is 5.92 Å². The second-order valence-corrected chi connectivity index (χ2v) is 6.07. The fourth-order valence-electron chi connectivity index (χ4n) is 2.81. The molecule has 2 atom stereocenters. The van der Waals surface area contributed by atoms with Crippen molar-refractivity contribution in [2.75, 3.05) is 0 Å². The lowest BCUT2D eigenvalue weighted by molar-refractivity contribution is -0.159. The number of rotatable bonds is 5. The number of amides is 2. The van der Waals surface area contributed by atoms with Gasteiger partial charge < -0.3 is 10.2 Å². The fourth-order valence-corrected chi connectivity index (χ4v) is 2.81. The molecule has 19 heavy (non-hydrogen) atoms. The SMILES string of the molecule is CCC1NC(=O)C(C(C)C)N(C(C)(CC)CC)C1=O. The van der Waals surface area contributed by atoms with E-state index in [1.54, 1.807) is 0 Å². The highest BCUT2D eigenvalue weighted by atomic mass is 16.2. The maximum Gasteiger partial charge on any atom is 0.246 e. The molecule has 0 radical (unpaired) electrons. The number of carbonyl (C=O) groups excluding carboxylic acids is 2. The van der Waals surface area contributed by atoms with E-state index in [1.165, 1.54) is 0 Å². The van der Waals surface area contributed by atoms with Gasteiger partial charge in [0.05, 0.1) is 0 Å². The topological polar surface area (TPSA) is 49.4 Å². The molecule has 0 aromatic carbocycles. The number of hydrogen-bond donors (Lipinski definition) is 1. The van der Waals surface area contributed by atoms with Gasteiger partial charge in [-0.2, -0.15) is 0 Å². The van der Waals surface area contributed by atoms with Gasteiger partial charge in [0.2, 0.25) is 11.8 Å². The van der Waals surface area contributed by atoms with Gasteiger partial charge in [-0.25, -0.2) is 0 Å². The summed E-state index contributed by atoms with van der Waals surface area (Å²) in [5, 5.41) is 2.87. The first-order valence-corrected chi connectivity index (χ1v) is 7.45. The van der Waals surface area contributed by atoms with Crippen molar-refractivity contribution in [3.05, 3.63) is 0 Å². The van der Waals surface area contributed by atoms with Crippen LogP contribution in [0.25, 0.3) is 0 Å². The van der Waals surface area contributed by atoms with Gasteiger partial charge in [0.1, 0.15) is 12.1 Å². The molecule has 2 unspecified atom stereocenters. The average molecular weight is 268 g/mol. The highest BCUT2D eigenvalue weighted by Gasteiger charge is 2.47. The van der Waals surface area contributed by atoms with Crippen LogP contribution in [0, 0.1) is 5.92 Å². The van der Waals surface area contributed by atoms with Crippen LogP contribution in [0.4, 0.5) is 0 Å². The normalized spacial score (nSPS) is 24.9. The lowest BCUT2D eigenvalue weighted by Crippen LogP contribution is -2.69. The molecule has 1 rings (SSSR count). The minimum absolute atomic E-state index is 0.00502. The summed E-state index contributed by atoms with van der Waals surface area (Å²) in [7, 11) is 0. The van der Waals surface area contributed by atoms with E-state index in [-0.39, 0.29) is 35.4 Å². The highest BCUT2D eigenvalue weighted by Crippen LogP contribution is 2.31. The fraction of sp³-hybridized carbons (Fsp3) is 0.867. The Morgan fingerprint density at radius 2 is 1.74 bits per heavy atom. The van der Waals surface area contributed by atoms with E-state index < -0.39 is 0 Å². The average Bonchev–Trinajstić information content (AvgIpc) is 2.39. The van der Waals surface area contributed by atoms with Crippen LogP contribution in [0.15, 0.2) is 0 Å². The Labute approximate surface area is 116 Å². The monoisotopic (exact) mass is 268 g/mol. The molecule has 0 aliphatic carbocycles. The van der Waals surface area contributed by atoms with Crippen LogP contribution in [-0.4, -0.2) is 34.3 Å². The number of nitrogens with one attached hydrogen (secondary N) is 1. The van der Waals surface area contributed by atoms with Crippen LogP contribution in [-0.2, 0) is 9.59 Å². The Kier molecular flexibility index (Phi) is 4.99. The second-order valence-electron chi connectivity index (χ2n) is 6.07. The molecule has 0 aromatic rings. The largest absolute Gasteiger partial charge is 0.343 e. The zero-order valence-electron chi connectivity index (χ0n) is 13.1. The van der Waals surface area contributed by atoms with Crippen LogP contribution in [0.5, 0.6) is 0 Å². The molecule has 0 saturated carbocycles. The van der Waals surface area contributed by atoms with Crippen molar-refractivity contribution >= 4 is 11.8 Å². The third-order valence-electron chi connectivity index (χ3n) is 4.54. The van der Waals surface area contributed by atoms with Crippen molar-refractivity contribution in [2.45, 2.75) is 78.4 Å². The molecule has 0 aromatic heterocycles. The van der Waals surface area contributed by atoms with E-state index >= 15 is 0 Å². The minimum atomic E-state index is -0.361. The first-order valence-electron chi connectivity index (χ1n) is 7.45. The summed E-state index contributed by atoms with van der Waals surface area (Å²) in [5.74, 6) is 0.195. The summed E-state index contributed by atoms with van der Waals surface area (Å²) in [4.78, 5) is 26.9. The van der Waals surface area contributed by atoms with Crippen molar-refractivity contribution in [1.29, 1.82) is 0 Å². The molecule has 1 saturated heterocycles. The van der Waals surface area contributed by atoms with Gasteiger partial charge in [-0.15, -0.1) is 0 Å². The van der Waals surface area contributed by atoms with Crippen molar-refractivity contribution in [1.82, 2.24) is 10.2 Å². The predicted molar refractivity (Wildman–Crippen MR) is 76.7 cm³/mol. The van der Waals surface area contributed by atoms with Crippen LogP contribution in [0.1, 0.15) is 60.8 Å². The van der Waals surface area contributed by atoms with Gasteiger partial charge >= 0.3 is 0 Å². The van der Waals surface area contributed by atoms with E-state index in [2.05, 4.69) is 26.1 Å². The number of carbonyl (C=O) groups is 2. The maximum absolute atomic E-state index is 12.7. The predicted octanol–water partition coefficient (Wildman–Crippen LogP) is 2.33. The van der Waals surface area contributed by atoms with Crippen molar-refractivity contribution in [3.63, 3.8) is 0 Å². The summed E-state index contributed by atoms with van der Waals surface area (Å²) in [6.45, 7) is 12.2. The van der Waals surface area contributed by atoms with Crippen LogP contribution < -0.4 is 5.32 Å². The van der Waals surface area contributed by atoms with E-state index in [1.807, 2.05) is 25.7 Å². The molecule has 0 spiro atoms.